The van der Waals surface area contributed by atoms with Crippen molar-refractivity contribution < 1.29 is 27.8 Å². The maximum absolute atomic E-state index is 12.4. The number of ether oxygens (including phenoxy) is 3. The van der Waals surface area contributed by atoms with E-state index in [1.807, 2.05) is 11.9 Å². The largest absolute Gasteiger partial charge is 0.493 e. The number of hydrogen-bond acceptors (Lipinski definition) is 5. The number of amides is 1. The molecular formula is C16H24F2N2O4. The Morgan fingerprint density at radius 1 is 1.29 bits per heavy atom. The fraction of sp³-hybridized carbons (Fsp3) is 0.562. The number of hydrogen-bond donors (Lipinski definition) is 1. The molecule has 1 aromatic carbocycles. The molecule has 0 saturated carbocycles. The van der Waals surface area contributed by atoms with E-state index in [1.165, 1.54) is 19.2 Å². The summed E-state index contributed by atoms with van der Waals surface area (Å²) in [5.41, 5.74) is 0.641. The van der Waals surface area contributed by atoms with E-state index in [0.29, 0.717) is 12.2 Å². The zero-order valence-electron chi connectivity index (χ0n) is 14.2. The number of carbonyl (C=O) groups is 1. The van der Waals surface area contributed by atoms with Crippen LogP contribution in [0.1, 0.15) is 12.0 Å². The normalized spacial score (nSPS) is 11.0. The SMILES string of the molecule is COCCCN(C)CC(=O)NCc1ccc(OC)c(OC(F)F)c1. The molecule has 0 saturated heterocycles. The maximum atomic E-state index is 12.4. The Bertz CT molecular complexity index is 515. The molecule has 1 aromatic rings. The highest BCUT2D eigenvalue weighted by atomic mass is 19.3. The summed E-state index contributed by atoms with van der Waals surface area (Å²) in [6, 6.07) is 4.63. The van der Waals surface area contributed by atoms with Crippen molar-refractivity contribution in [3.8, 4) is 11.5 Å². The molecule has 0 aromatic heterocycles. The predicted molar refractivity (Wildman–Crippen MR) is 85.5 cm³/mol. The molecule has 0 aliphatic rings. The highest BCUT2D eigenvalue weighted by Gasteiger charge is 2.12. The third kappa shape index (κ3) is 7.56. The summed E-state index contributed by atoms with van der Waals surface area (Å²) < 4.78 is 39.1. The van der Waals surface area contributed by atoms with Crippen molar-refractivity contribution in [2.45, 2.75) is 19.6 Å². The van der Waals surface area contributed by atoms with E-state index >= 15 is 0 Å². The standard InChI is InChI=1S/C16H24F2N2O4/c1-20(7-4-8-22-2)11-15(21)19-10-12-5-6-13(23-3)14(9-12)24-16(17)18/h5-6,9,16H,4,7-8,10-11H2,1-3H3,(H,19,21). The second-order valence-corrected chi connectivity index (χ2v) is 5.22. The predicted octanol–water partition coefficient (Wildman–Crippen LogP) is 1.88. The summed E-state index contributed by atoms with van der Waals surface area (Å²) in [7, 11) is 4.85. The van der Waals surface area contributed by atoms with Gasteiger partial charge in [-0.3, -0.25) is 9.69 Å². The second-order valence-electron chi connectivity index (χ2n) is 5.22. The molecular weight excluding hydrogens is 322 g/mol. The van der Waals surface area contributed by atoms with Gasteiger partial charge < -0.3 is 19.5 Å². The molecule has 1 N–H and O–H groups in total. The lowest BCUT2D eigenvalue weighted by molar-refractivity contribution is -0.122. The summed E-state index contributed by atoms with van der Waals surface area (Å²) in [5, 5.41) is 2.74. The van der Waals surface area contributed by atoms with Crippen LogP contribution in [0.15, 0.2) is 18.2 Å². The molecule has 1 amide bonds. The van der Waals surface area contributed by atoms with Gasteiger partial charge in [-0.15, -0.1) is 0 Å². The van der Waals surface area contributed by atoms with Gasteiger partial charge in [-0.1, -0.05) is 6.07 Å². The number of rotatable bonds is 11. The minimum Gasteiger partial charge on any atom is -0.493 e. The summed E-state index contributed by atoms with van der Waals surface area (Å²) in [6.45, 7) is -1.08. The first-order valence-electron chi connectivity index (χ1n) is 7.52. The van der Waals surface area contributed by atoms with Gasteiger partial charge in [0, 0.05) is 26.8 Å². The zero-order chi connectivity index (χ0) is 17.9. The van der Waals surface area contributed by atoms with Gasteiger partial charge in [0.15, 0.2) is 11.5 Å². The number of nitrogens with one attached hydrogen (secondary N) is 1. The summed E-state index contributed by atoms with van der Waals surface area (Å²) in [5.74, 6) is 0.00116. The van der Waals surface area contributed by atoms with Crippen LogP contribution in [0.4, 0.5) is 8.78 Å². The Labute approximate surface area is 140 Å². The van der Waals surface area contributed by atoms with Gasteiger partial charge in [-0.2, -0.15) is 8.78 Å². The van der Waals surface area contributed by atoms with Gasteiger partial charge in [0.25, 0.3) is 0 Å². The van der Waals surface area contributed by atoms with E-state index < -0.39 is 6.61 Å². The number of nitrogens with zero attached hydrogens (tertiary/aromatic N) is 1. The monoisotopic (exact) mass is 346 g/mol. The van der Waals surface area contributed by atoms with Crippen LogP contribution in [-0.2, 0) is 16.1 Å². The fourth-order valence-corrected chi connectivity index (χ4v) is 2.08. The van der Waals surface area contributed by atoms with E-state index in [2.05, 4.69) is 10.1 Å². The number of carbonyl (C=O) groups excluding carboxylic acids is 1. The topological polar surface area (TPSA) is 60.0 Å². The van der Waals surface area contributed by atoms with Gasteiger partial charge in [0.1, 0.15) is 0 Å². The quantitative estimate of drug-likeness (QED) is 0.620. The van der Waals surface area contributed by atoms with Crippen LogP contribution in [0, 0.1) is 0 Å². The first kappa shape index (κ1) is 20.1. The molecule has 0 aliphatic heterocycles. The molecule has 24 heavy (non-hydrogen) atoms. The zero-order valence-corrected chi connectivity index (χ0v) is 14.2. The van der Waals surface area contributed by atoms with Crippen molar-refractivity contribution in [2.24, 2.45) is 0 Å². The first-order valence-corrected chi connectivity index (χ1v) is 7.52. The third-order valence-corrected chi connectivity index (χ3v) is 3.24. The van der Waals surface area contributed by atoms with Gasteiger partial charge >= 0.3 is 6.61 Å². The fourth-order valence-electron chi connectivity index (χ4n) is 2.08. The van der Waals surface area contributed by atoms with E-state index in [4.69, 9.17) is 9.47 Å². The highest BCUT2D eigenvalue weighted by molar-refractivity contribution is 5.78. The summed E-state index contributed by atoms with van der Waals surface area (Å²) in [6.07, 6.45) is 0.840. The molecule has 0 unspecified atom stereocenters. The van der Waals surface area contributed by atoms with Crippen LogP contribution in [0.25, 0.3) is 0 Å². The number of likely N-dealkylation sites (N-methyl/N-ethyl adjacent to an activating group) is 1. The van der Waals surface area contributed by atoms with Crippen molar-refractivity contribution in [2.75, 3.05) is 41.0 Å². The summed E-state index contributed by atoms with van der Waals surface area (Å²) in [4.78, 5) is 13.8. The molecule has 0 spiro atoms. The average molecular weight is 346 g/mol. The van der Waals surface area contributed by atoms with Crippen LogP contribution in [0.5, 0.6) is 11.5 Å². The lowest BCUT2D eigenvalue weighted by Gasteiger charge is -2.16. The Hall–Kier alpha value is -1.93. The van der Waals surface area contributed by atoms with Crippen molar-refractivity contribution >= 4 is 5.91 Å². The van der Waals surface area contributed by atoms with E-state index in [-0.39, 0.29) is 30.5 Å². The molecule has 0 fully saturated rings. The third-order valence-electron chi connectivity index (χ3n) is 3.24. The second kappa shape index (κ2) is 10.8. The first-order chi connectivity index (χ1) is 11.5. The molecule has 136 valence electrons. The highest BCUT2D eigenvalue weighted by Crippen LogP contribution is 2.29. The summed E-state index contributed by atoms with van der Waals surface area (Å²) >= 11 is 0. The minimum absolute atomic E-state index is 0.0593. The van der Waals surface area contributed by atoms with Crippen molar-refractivity contribution in [1.82, 2.24) is 10.2 Å². The molecule has 0 aliphatic carbocycles. The number of benzene rings is 1. The van der Waals surface area contributed by atoms with Crippen molar-refractivity contribution in [3.05, 3.63) is 23.8 Å². The molecule has 1 rings (SSSR count). The van der Waals surface area contributed by atoms with Crippen LogP contribution < -0.4 is 14.8 Å². The van der Waals surface area contributed by atoms with E-state index in [1.54, 1.807) is 13.2 Å². The number of halogens is 2. The van der Waals surface area contributed by atoms with Crippen LogP contribution >= 0.6 is 0 Å². The Kier molecular flexibility index (Phi) is 9.03. The number of methoxy groups -OCH3 is 2. The smallest absolute Gasteiger partial charge is 0.387 e. The van der Waals surface area contributed by atoms with Crippen LogP contribution in [-0.4, -0.2) is 58.4 Å². The Balaban J connectivity index is 2.50. The van der Waals surface area contributed by atoms with E-state index in [9.17, 15) is 13.6 Å². The van der Waals surface area contributed by atoms with Crippen molar-refractivity contribution in [3.63, 3.8) is 0 Å². The lowest BCUT2D eigenvalue weighted by atomic mass is 10.2. The van der Waals surface area contributed by atoms with Gasteiger partial charge in [-0.25, -0.2) is 0 Å². The molecule has 0 radical (unpaired) electrons. The van der Waals surface area contributed by atoms with Gasteiger partial charge in [-0.05, 0) is 31.2 Å². The molecule has 8 heteroatoms. The molecule has 0 bridgehead atoms. The van der Waals surface area contributed by atoms with Crippen LogP contribution in [0.3, 0.4) is 0 Å². The minimum atomic E-state index is -2.94. The Morgan fingerprint density at radius 2 is 2.04 bits per heavy atom. The van der Waals surface area contributed by atoms with E-state index in [0.717, 1.165) is 13.0 Å². The molecule has 0 atom stereocenters. The maximum Gasteiger partial charge on any atom is 0.387 e. The average Bonchev–Trinajstić information content (AvgIpc) is 2.53. The molecule has 6 nitrogen and oxygen atoms in total. The van der Waals surface area contributed by atoms with Crippen molar-refractivity contribution in [1.29, 1.82) is 0 Å². The number of alkyl halides is 2. The van der Waals surface area contributed by atoms with Crippen LogP contribution in [0.2, 0.25) is 0 Å². The molecule has 0 heterocycles. The van der Waals surface area contributed by atoms with Gasteiger partial charge in [0.05, 0.1) is 13.7 Å². The Morgan fingerprint density at radius 3 is 2.67 bits per heavy atom. The van der Waals surface area contributed by atoms with Gasteiger partial charge in [0.2, 0.25) is 5.91 Å². The lowest BCUT2D eigenvalue weighted by Crippen LogP contribution is -2.35.